The van der Waals surface area contributed by atoms with E-state index >= 15 is 0 Å². The molecule has 0 amide bonds. The maximum atomic E-state index is 10.9. The Labute approximate surface area is 117 Å². The van der Waals surface area contributed by atoms with Crippen molar-refractivity contribution in [3.05, 3.63) is 63.2 Å². The molecule has 0 fully saturated rings. The molecule has 0 aromatic heterocycles. The molecule has 0 heterocycles. The van der Waals surface area contributed by atoms with Crippen molar-refractivity contribution in [3.8, 4) is 11.5 Å². The second-order valence-corrected chi connectivity index (χ2v) is 4.61. The van der Waals surface area contributed by atoms with Gasteiger partial charge in [-0.25, -0.2) is 0 Å². The Morgan fingerprint density at radius 1 is 1.15 bits per heavy atom. The lowest BCUT2D eigenvalue weighted by molar-refractivity contribution is -0.385. The van der Waals surface area contributed by atoms with Gasteiger partial charge in [-0.05, 0) is 43.2 Å². The molecule has 0 unspecified atom stereocenters. The van der Waals surface area contributed by atoms with Crippen LogP contribution in [0.2, 0.25) is 0 Å². The SMILES string of the molecule is Cc1cc([N+](=O)[O-])c(C)cc1Oc1ccc(CN)cc1. The molecule has 0 spiro atoms. The molecule has 5 heteroatoms. The van der Waals surface area contributed by atoms with Gasteiger partial charge in [-0.15, -0.1) is 0 Å². The number of ether oxygens (including phenoxy) is 1. The van der Waals surface area contributed by atoms with Crippen molar-refractivity contribution in [3.63, 3.8) is 0 Å². The fraction of sp³-hybridized carbons (Fsp3) is 0.200. The summed E-state index contributed by atoms with van der Waals surface area (Å²) in [5.74, 6) is 1.30. The van der Waals surface area contributed by atoms with Gasteiger partial charge in [-0.2, -0.15) is 0 Å². The molecule has 2 N–H and O–H groups in total. The summed E-state index contributed by atoms with van der Waals surface area (Å²) < 4.78 is 5.76. The Balaban J connectivity index is 2.29. The van der Waals surface area contributed by atoms with Crippen LogP contribution in [0.1, 0.15) is 16.7 Å². The maximum Gasteiger partial charge on any atom is 0.272 e. The first-order valence-electron chi connectivity index (χ1n) is 6.23. The summed E-state index contributed by atoms with van der Waals surface area (Å²) in [5.41, 5.74) is 7.97. The Morgan fingerprint density at radius 3 is 2.35 bits per heavy atom. The van der Waals surface area contributed by atoms with E-state index in [1.165, 1.54) is 6.07 Å². The molecule has 0 aliphatic heterocycles. The van der Waals surface area contributed by atoms with E-state index in [0.29, 0.717) is 23.6 Å². The van der Waals surface area contributed by atoms with Gasteiger partial charge in [0.2, 0.25) is 0 Å². The summed E-state index contributed by atoms with van der Waals surface area (Å²) >= 11 is 0. The molecule has 2 rings (SSSR count). The molecule has 0 aliphatic carbocycles. The van der Waals surface area contributed by atoms with Crippen molar-refractivity contribution in [2.24, 2.45) is 5.73 Å². The van der Waals surface area contributed by atoms with Gasteiger partial charge in [0, 0.05) is 18.2 Å². The highest BCUT2D eigenvalue weighted by atomic mass is 16.6. The van der Waals surface area contributed by atoms with Crippen molar-refractivity contribution in [1.29, 1.82) is 0 Å². The number of nitrogens with zero attached hydrogens (tertiary/aromatic N) is 1. The molecule has 2 aromatic rings. The predicted molar refractivity (Wildman–Crippen MR) is 77.0 cm³/mol. The van der Waals surface area contributed by atoms with Gasteiger partial charge in [-0.1, -0.05) is 12.1 Å². The largest absolute Gasteiger partial charge is 0.457 e. The van der Waals surface area contributed by atoms with Crippen LogP contribution in [0.15, 0.2) is 36.4 Å². The summed E-state index contributed by atoms with van der Waals surface area (Å²) in [4.78, 5) is 10.5. The summed E-state index contributed by atoms with van der Waals surface area (Å²) in [5, 5.41) is 10.9. The summed E-state index contributed by atoms with van der Waals surface area (Å²) in [7, 11) is 0. The van der Waals surface area contributed by atoms with E-state index in [1.807, 2.05) is 24.3 Å². The van der Waals surface area contributed by atoms with E-state index in [0.717, 1.165) is 11.1 Å². The zero-order valence-electron chi connectivity index (χ0n) is 11.4. The van der Waals surface area contributed by atoms with E-state index < -0.39 is 0 Å². The zero-order chi connectivity index (χ0) is 14.7. The highest BCUT2D eigenvalue weighted by Gasteiger charge is 2.14. The average Bonchev–Trinajstić information content (AvgIpc) is 2.43. The lowest BCUT2D eigenvalue weighted by Gasteiger charge is -2.10. The molecule has 0 radical (unpaired) electrons. The Morgan fingerprint density at radius 2 is 1.80 bits per heavy atom. The number of nitrogens with two attached hydrogens (primary N) is 1. The van der Waals surface area contributed by atoms with Gasteiger partial charge in [0.1, 0.15) is 11.5 Å². The van der Waals surface area contributed by atoms with Crippen LogP contribution in [0.25, 0.3) is 0 Å². The lowest BCUT2D eigenvalue weighted by Crippen LogP contribution is -1.97. The monoisotopic (exact) mass is 272 g/mol. The molecule has 0 saturated carbocycles. The first-order valence-corrected chi connectivity index (χ1v) is 6.23. The second-order valence-electron chi connectivity index (χ2n) is 4.61. The third kappa shape index (κ3) is 2.95. The molecular formula is C15H16N2O3. The van der Waals surface area contributed by atoms with Gasteiger partial charge in [0.15, 0.2) is 0 Å². The molecule has 2 aromatic carbocycles. The average molecular weight is 272 g/mol. The van der Waals surface area contributed by atoms with E-state index in [-0.39, 0.29) is 10.6 Å². The summed E-state index contributed by atoms with van der Waals surface area (Å²) in [6.07, 6.45) is 0. The third-order valence-corrected chi connectivity index (χ3v) is 3.08. The molecule has 104 valence electrons. The highest BCUT2D eigenvalue weighted by molar-refractivity contribution is 5.50. The van der Waals surface area contributed by atoms with Crippen LogP contribution in [0.4, 0.5) is 5.69 Å². The van der Waals surface area contributed by atoms with Crippen molar-refractivity contribution >= 4 is 5.69 Å². The van der Waals surface area contributed by atoms with Gasteiger partial charge in [-0.3, -0.25) is 10.1 Å². The summed E-state index contributed by atoms with van der Waals surface area (Å²) in [6, 6.07) is 10.7. The predicted octanol–water partition coefficient (Wildman–Crippen LogP) is 3.46. The van der Waals surface area contributed by atoms with Crippen molar-refractivity contribution in [2.75, 3.05) is 0 Å². The first-order chi connectivity index (χ1) is 9.51. The fourth-order valence-electron chi connectivity index (χ4n) is 1.90. The molecule has 0 bridgehead atoms. The van der Waals surface area contributed by atoms with E-state index in [2.05, 4.69) is 0 Å². The van der Waals surface area contributed by atoms with Crippen LogP contribution >= 0.6 is 0 Å². The van der Waals surface area contributed by atoms with E-state index in [9.17, 15) is 10.1 Å². The number of nitro benzene ring substituents is 1. The van der Waals surface area contributed by atoms with Crippen LogP contribution < -0.4 is 10.5 Å². The number of nitro groups is 1. The molecular weight excluding hydrogens is 256 g/mol. The number of benzene rings is 2. The van der Waals surface area contributed by atoms with Crippen molar-refractivity contribution in [2.45, 2.75) is 20.4 Å². The van der Waals surface area contributed by atoms with Crippen LogP contribution in [0.3, 0.4) is 0 Å². The Hall–Kier alpha value is -2.40. The number of hydrogen-bond donors (Lipinski definition) is 1. The minimum absolute atomic E-state index is 0.105. The van der Waals surface area contributed by atoms with Crippen LogP contribution in [0.5, 0.6) is 11.5 Å². The van der Waals surface area contributed by atoms with Crippen molar-refractivity contribution in [1.82, 2.24) is 0 Å². The lowest BCUT2D eigenvalue weighted by atomic mass is 10.1. The van der Waals surface area contributed by atoms with Crippen LogP contribution in [-0.4, -0.2) is 4.92 Å². The van der Waals surface area contributed by atoms with Gasteiger partial charge in [0.05, 0.1) is 4.92 Å². The molecule has 5 nitrogen and oxygen atoms in total. The summed E-state index contributed by atoms with van der Waals surface area (Å²) in [6.45, 7) is 3.97. The first kappa shape index (κ1) is 14.0. The van der Waals surface area contributed by atoms with Gasteiger partial charge in [0.25, 0.3) is 5.69 Å². The molecule has 0 saturated heterocycles. The standard InChI is InChI=1S/C15H16N2O3/c1-10-8-15(11(2)7-14(10)17(18)19)20-13-5-3-12(9-16)4-6-13/h3-8H,9,16H2,1-2H3. The minimum Gasteiger partial charge on any atom is -0.457 e. The maximum absolute atomic E-state index is 10.9. The van der Waals surface area contributed by atoms with E-state index in [4.69, 9.17) is 10.5 Å². The van der Waals surface area contributed by atoms with Crippen LogP contribution in [0, 0.1) is 24.0 Å². The van der Waals surface area contributed by atoms with Crippen molar-refractivity contribution < 1.29 is 9.66 Å². The van der Waals surface area contributed by atoms with Gasteiger partial charge < -0.3 is 10.5 Å². The highest BCUT2D eigenvalue weighted by Crippen LogP contribution is 2.31. The molecule has 20 heavy (non-hydrogen) atoms. The third-order valence-electron chi connectivity index (χ3n) is 3.08. The second kappa shape index (κ2) is 5.71. The normalized spacial score (nSPS) is 10.3. The minimum atomic E-state index is -0.387. The zero-order valence-corrected chi connectivity index (χ0v) is 11.4. The van der Waals surface area contributed by atoms with E-state index in [1.54, 1.807) is 19.9 Å². The van der Waals surface area contributed by atoms with Crippen LogP contribution in [-0.2, 0) is 6.54 Å². The Kier molecular flexibility index (Phi) is 4.00. The Bertz CT molecular complexity index is 636. The fourth-order valence-corrected chi connectivity index (χ4v) is 1.90. The quantitative estimate of drug-likeness (QED) is 0.682. The smallest absolute Gasteiger partial charge is 0.272 e. The molecule has 0 atom stereocenters. The number of aryl methyl sites for hydroxylation is 2. The topological polar surface area (TPSA) is 78.4 Å². The number of rotatable bonds is 4. The van der Waals surface area contributed by atoms with Gasteiger partial charge >= 0.3 is 0 Å². The number of hydrogen-bond acceptors (Lipinski definition) is 4. The molecule has 0 aliphatic rings.